The molecule has 2 heteroatoms. The fourth-order valence-corrected chi connectivity index (χ4v) is 1.29. The van der Waals surface area contributed by atoms with Gasteiger partial charge in [0.2, 0.25) is 24.8 Å². The lowest BCUT2D eigenvalue weighted by atomic mass is 10.3. The highest BCUT2D eigenvalue weighted by Crippen LogP contribution is 1.90. The molecule has 0 amide bonds. The molecule has 0 aliphatic rings. The minimum Gasteiger partial charge on any atom is -0.0393 e. The van der Waals surface area contributed by atoms with Gasteiger partial charge in [-0.25, -0.2) is 0 Å². The Morgan fingerprint density at radius 3 is 1.21 bits per heavy atom. The van der Waals surface area contributed by atoms with Crippen LogP contribution in [0.25, 0.3) is 0 Å². The molecule has 0 radical (unpaired) electrons. The molecule has 0 aliphatic heterocycles. The summed E-state index contributed by atoms with van der Waals surface area (Å²) in [6.45, 7) is 4.17. The average Bonchev–Trinajstić information content (AvgIpc) is 2.21. The van der Waals surface area contributed by atoms with E-state index in [1.165, 1.54) is 11.1 Å². The second-order valence-corrected chi connectivity index (χ2v) is 3.51. The maximum atomic E-state index is 2.09. The van der Waals surface area contributed by atoms with Gasteiger partial charge in [0, 0.05) is 24.3 Å². The monoisotopic (exact) mass is 186 g/mol. The lowest BCUT2D eigenvalue weighted by Gasteiger charge is -1.90. The van der Waals surface area contributed by atoms with Crippen molar-refractivity contribution in [3.05, 3.63) is 60.2 Å². The Morgan fingerprint density at radius 1 is 0.643 bits per heavy atom. The maximum Gasteiger partial charge on any atom is 0.242 e. The van der Waals surface area contributed by atoms with Crippen molar-refractivity contribution >= 4 is 0 Å². The molecule has 0 aromatic carbocycles. The van der Waals surface area contributed by atoms with E-state index in [2.05, 4.69) is 38.1 Å². The van der Waals surface area contributed by atoms with Gasteiger partial charge in [-0.1, -0.05) is 0 Å². The molecule has 0 unspecified atom stereocenters. The van der Waals surface area contributed by atoms with Crippen LogP contribution >= 0.6 is 0 Å². The Morgan fingerprint density at radius 2 is 0.929 bits per heavy atom. The van der Waals surface area contributed by atoms with Gasteiger partial charge in [-0.05, 0) is 25.0 Å². The number of pyridine rings is 2. The van der Waals surface area contributed by atoms with Crippen molar-refractivity contribution in [2.45, 2.75) is 13.8 Å². The molecule has 0 saturated carbocycles. The largest absolute Gasteiger partial charge is 0.242 e. The summed E-state index contributed by atoms with van der Waals surface area (Å²) in [5.74, 6) is 0. The highest BCUT2D eigenvalue weighted by atomic mass is 15.4. The number of aryl methyl sites for hydroxylation is 2. The van der Waals surface area contributed by atoms with Crippen LogP contribution in [0.4, 0.5) is 0 Å². The van der Waals surface area contributed by atoms with Crippen LogP contribution in [0.3, 0.4) is 0 Å². The molecular formula is C12H14N2+2. The zero-order valence-electron chi connectivity index (χ0n) is 8.51. The first kappa shape index (κ1) is 8.88. The number of hydrogen-bond acceptors (Lipinski definition) is 0. The van der Waals surface area contributed by atoms with Crippen molar-refractivity contribution in [3.63, 3.8) is 0 Å². The van der Waals surface area contributed by atoms with Crippen LogP contribution in [0.15, 0.2) is 49.1 Å². The van der Waals surface area contributed by atoms with Crippen LogP contribution in [-0.2, 0) is 0 Å². The Labute approximate surface area is 84.0 Å². The highest BCUT2D eigenvalue weighted by molar-refractivity contribution is 5.04. The number of nitrogens with zero attached hydrogens (tertiary/aromatic N) is 2. The van der Waals surface area contributed by atoms with Gasteiger partial charge >= 0.3 is 0 Å². The first-order valence-corrected chi connectivity index (χ1v) is 4.72. The summed E-state index contributed by atoms with van der Waals surface area (Å²) in [6, 6.07) is 8.36. The van der Waals surface area contributed by atoms with Crippen molar-refractivity contribution in [2.75, 3.05) is 0 Å². The summed E-state index contributed by atoms with van der Waals surface area (Å²) in [6.07, 6.45) is 8.19. The summed E-state index contributed by atoms with van der Waals surface area (Å²) in [5.41, 5.74) is 2.54. The molecule has 2 aromatic heterocycles. The number of rotatable bonds is 1. The molecule has 2 aromatic rings. The lowest BCUT2D eigenvalue weighted by Crippen LogP contribution is -2.65. The topological polar surface area (TPSA) is 7.76 Å². The van der Waals surface area contributed by atoms with Crippen molar-refractivity contribution in [1.82, 2.24) is 0 Å². The van der Waals surface area contributed by atoms with Gasteiger partial charge in [0.25, 0.3) is 0 Å². The van der Waals surface area contributed by atoms with Gasteiger partial charge in [-0.15, -0.1) is 0 Å². The number of aromatic nitrogens is 2. The van der Waals surface area contributed by atoms with E-state index in [4.69, 9.17) is 0 Å². The molecule has 70 valence electrons. The standard InChI is InChI=1S/C12H14N2/c1-11-3-7-13(8-4-11)14-9-5-12(2)6-10-14/h3-10H,1-2H3/q+2. The number of hydrogen-bond donors (Lipinski definition) is 0. The third-order valence-corrected chi connectivity index (χ3v) is 2.23. The molecule has 0 fully saturated rings. The second-order valence-electron chi connectivity index (χ2n) is 3.51. The zero-order valence-corrected chi connectivity index (χ0v) is 8.51. The van der Waals surface area contributed by atoms with E-state index in [-0.39, 0.29) is 0 Å². The first-order chi connectivity index (χ1) is 6.75. The smallest absolute Gasteiger partial charge is 0.0393 e. The molecule has 0 spiro atoms. The van der Waals surface area contributed by atoms with Crippen LogP contribution in [0.5, 0.6) is 0 Å². The predicted octanol–water partition coefficient (Wildman–Crippen LogP) is 1.19. The second kappa shape index (κ2) is 3.58. The molecule has 2 rings (SSSR count). The molecule has 2 heterocycles. The molecular weight excluding hydrogens is 172 g/mol. The summed E-state index contributed by atoms with van der Waals surface area (Å²) in [7, 11) is 0. The Bertz CT molecular complexity index is 372. The highest BCUT2D eigenvalue weighted by Gasteiger charge is 2.09. The van der Waals surface area contributed by atoms with E-state index in [0.717, 1.165) is 0 Å². The van der Waals surface area contributed by atoms with Gasteiger partial charge in [0.15, 0.2) is 0 Å². The fourth-order valence-electron chi connectivity index (χ4n) is 1.29. The van der Waals surface area contributed by atoms with E-state index in [1.807, 2.05) is 34.1 Å². The fraction of sp³-hybridized carbons (Fsp3) is 0.167. The van der Waals surface area contributed by atoms with Crippen molar-refractivity contribution in [3.8, 4) is 0 Å². The summed E-state index contributed by atoms with van der Waals surface area (Å²) in [4.78, 5) is 0. The van der Waals surface area contributed by atoms with Crippen LogP contribution < -0.4 is 9.35 Å². The minimum atomic E-state index is 1.27. The van der Waals surface area contributed by atoms with Gasteiger partial charge in [-0.3, -0.25) is 0 Å². The van der Waals surface area contributed by atoms with Crippen LogP contribution in [-0.4, -0.2) is 0 Å². The van der Waals surface area contributed by atoms with Crippen LogP contribution in [0, 0.1) is 13.8 Å². The Kier molecular flexibility index (Phi) is 2.27. The molecule has 14 heavy (non-hydrogen) atoms. The van der Waals surface area contributed by atoms with Crippen molar-refractivity contribution < 1.29 is 9.35 Å². The van der Waals surface area contributed by atoms with Crippen LogP contribution in [0.2, 0.25) is 0 Å². The molecule has 0 bridgehead atoms. The molecule has 0 aliphatic carbocycles. The lowest BCUT2D eigenvalue weighted by molar-refractivity contribution is -1.30. The maximum absolute atomic E-state index is 2.09. The SMILES string of the molecule is Cc1cc[n+](-[n+]2ccc(C)cc2)cc1. The Hall–Kier alpha value is -1.70. The normalized spacial score (nSPS) is 10.1. The molecule has 0 saturated heterocycles. The van der Waals surface area contributed by atoms with E-state index in [1.54, 1.807) is 0 Å². The van der Waals surface area contributed by atoms with Crippen molar-refractivity contribution in [1.29, 1.82) is 0 Å². The van der Waals surface area contributed by atoms with Gasteiger partial charge in [0.1, 0.15) is 0 Å². The molecule has 0 atom stereocenters. The van der Waals surface area contributed by atoms with Gasteiger partial charge in [-0.2, -0.15) is 0 Å². The van der Waals surface area contributed by atoms with E-state index >= 15 is 0 Å². The molecule has 0 N–H and O–H groups in total. The third-order valence-electron chi connectivity index (χ3n) is 2.23. The zero-order chi connectivity index (χ0) is 9.97. The summed E-state index contributed by atoms with van der Waals surface area (Å²) >= 11 is 0. The first-order valence-electron chi connectivity index (χ1n) is 4.72. The quantitative estimate of drug-likeness (QED) is 0.591. The third kappa shape index (κ3) is 1.79. The average molecular weight is 186 g/mol. The summed E-state index contributed by atoms with van der Waals surface area (Å²) in [5, 5.41) is 0. The van der Waals surface area contributed by atoms with E-state index in [9.17, 15) is 0 Å². The summed E-state index contributed by atoms with van der Waals surface area (Å²) < 4.78 is 4.07. The van der Waals surface area contributed by atoms with E-state index < -0.39 is 0 Å². The van der Waals surface area contributed by atoms with Gasteiger partial charge in [0.05, 0.1) is 9.35 Å². The van der Waals surface area contributed by atoms with Crippen LogP contribution in [0.1, 0.15) is 11.1 Å². The van der Waals surface area contributed by atoms with Crippen molar-refractivity contribution in [2.24, 2.45) is 0 Å². The van der Waals surface area contributed by atoms with E-state index in [0.29, 0.717) is 0 Å². The molecule has 2 nitrogen and oxygen atoms in total. The Balaban J connectivity index is 2.40. The predicted molar refractivity (Wildman–Crippen MR) is 53.5 cm³/mol. The van der Waals surface area contributed by atoms with Gasteiger partial charge < -0.3 is 0 Å². The minimum absolute atomic E-state index is 1.27.